The fourth-order valence-electron chi connectivity index (χ4n) is 4.92. The van der Waals surface area contributed by atoms with Crippen LogP contribution in [0.4, 0.5) is 0 Å². The number of sulfonamides is 1. The van der Waals surface area contributed by atoms with Crippen LogP contribution < -0.4 is 4.74 Å². The second-order valence-corrected chi connectivity index (χ2v) is 11.8. The lowest BCUT2D eigenvalue weighted by atomic mass is 9.93. The predicted octanol–water partition coefficient (Wildman–Crippen LogP) is 3.94. The van der Waals surface area contributed by atoms with Crippen LogP contribution in [0.2, 0.25) is 0 Å². The first kappa shape index (κ1) is 25.8. The molecule has 3 atom stereocenters. The molecule has 0 fully saturated rings. The number of hydrogen-bond donors (Lipinski definition) is 1. The highest BCUT2D eigenvalue weighted by molar-refractivity contribution is 7.89. The summed E-state index contributed by atoms with van der Waals surface area (Å²) < 4.78 is 35.3. The summed E-state index contributed by atoms with van der Waals surface area (Å²) in [5, 5.41) is 9.85. The Labute approximate surface area is 209 Å². The van der Waals surface area contributed by atoms with Crippen molar-refractivity contribution < 1.29 is 18.3 Å². The Bertz CT molecular complexity index is 1140. The second kappa shape index (κ2) is 11.2. The molecule has 0 saturated carbocycles. The molecular weight excluding hydrogens is 462 g/mol. The molecular formula is C27H37N3O4S. The first-order valence-corrected chi connectivity index (χ1v) is 13.9. The highest BCUT2D eigenvalue weighted by Gasteiger charge is 2.38. The van der Waals surface area contributed by atoms with Crippen molar-refractivity contribution in [2.45, 2.75) is 63.1 Å². The summed E-state index contributed by atoms with van der Waals surface area (Å²) in [5.74, 6) is 0.322. The Morgan fingerprint density at radius 2 is 2.00 bits per heavy atom. The van der Waals surface area contributed by atoms with Crippen LogP contribution >= 0.6 is 0 Å². The van der Waals surface area contributed by atoms with E-state index in [2.05, 4.69) is 16.0 Å². The van der Waals surface area contributed by atoms with Crippen LogP contribution in [0.1, 0.15) is 50.7 Å². The summed E-state index contributed by atoms with van der Waals surface area (Å²) in [6.07, 6.45) is 9.98. The number of benzene rings is 1. The summed E-state index contributed by atoms with van der Waals surface area (Å²) in [7, 11) is -1.78. The number of aromatic nitrogens is 1. The Kier molecular flexibility index (Phi) is 8.27. The van der Waals surface area contributed by atoms with Crippen LogP contribution in [0.15, 0.2) is 53.7 Å². The van der Waals surface area contributed by atoms with Crippen LogP contribution in [-0.2, 0) is 16.6 Å². The lowest BCUT2D eigenvalue weighted by molar-refractivity contribution is 0.0733. The van der Waals surface area contributed by atoms with Crippen LogP contribution in [0.5, 0.6) is 5.75 Å². The van der Waals surface area contributed by atoms with Crippen molar-refractivity contribution in [3.8, 4) is 5.75 Å². The van der Waals surface area contributed by atoms with Crippen LogP contribution in [0.3, 0.4) is 0 Å². The van der Waals surface area contributed by atoms with Crippen molar-refractivity contribution in [3.05, 3.63) is 59.9 Å². The van der Waals surface area contributed by atoms with Gasteiger partial charge in [0.1, 0.15) is 16.7 Å². The predicted molar refractivity (Wildman–Crippen MR) is 137 cm³/mol. The quantitative estimate of drug-likeness (QED) is 0.621. The number of likely N-dealkylation sites (N-methyl/N-ethyl adjacent to an activating group) is 1. The third-order valence-corrected chi connectivity index (χ3v) is 9.04. The van der Waals surface area contributed by atoms with E-state index in [9.17, 15) is 13.5 Å². The minimum Gasteiger partial charge on any atom is -0.487 e. The number of aliphatic hydroxyl groups excluding tert-OH is 1. The van der Waals surface area contributed by atoms with Gasteiger partial charge in [0, 0.05) is 44.0 Å². The molecule has 0 radical (unpaired) electrons. The maximum absolute atomic E-state index is 13.7. The Morgan fingerprint density at radius 3 is 2.69 bits per heavy atom. The SMILES string of the molecule is C[C@@H]1CN([C@H](C)CO)S(=O)(=O)c2ccc(C3=CCCCC3)cc2O[C@H]1CN(C)Cc1ccncc1. The van der Waals surface area contributed by atoms with Crippen molar-refractivity contribution >= 4 is 15.6 Å². The van der Waals surface area contributed by atoms with Crippen LogP contribution in [-0.4, -0.2) is 66.6 Å². The average Bonchev–Trinajstić information content (AvgIpc) is 2.86. The molecule has 4 rings (SSSR count). The van der Waals surface area contributed by atoms with Gasteiger partial charge in [-0.2, -0.15) is 4.31 Å². The van der Waals surface area contributed by atoms with Gasteiger partial charge >= 0.3 is 0 Å². The van der Waals surface area contributed by atoms with Gasteiger partial charge in [-0.05, 0) is 80.6 Å². The smallest absolute Gasteiger partial charge is 0.247 e. The van der Waals surface area contributed by atoms with Gasteiger partial charge in [-0.3, -0.25) is 9.88 Å². The van der Waals surface area contributed by atoms with Gasteiger partial charge in [0.15, 0.2) is 0 Å². The minimum absolute atomic E-state index is 0.0793. The summed E-state index contributed by atoms with van der Waals surface area (Å²) >= 11 is 0. The number of rotatable bonds is 7. The molecule has 2 aromatic rings. The van der Waals surface area contributed by atoms with Gasteiger partial charge in [0.05, 0.1) is 6.61 Å². The Hall–Kier alpha value is -2.26. The topological polar surface area (TPSA) is 83.0 Å². The Balaban J connectivity index is 1.69. The number of aliphatic hydroxyl groups is 1. The number of ether oxygens (including phenoxy) is 1. The number of allylic oxidation sites excluding steroid dienone is 2. The monoisotopic (exact) mass is 499 g/mol. The van der Waals surface area contributed by atoms with E-state index in [1.165, 1.54) is 16.3 Å². The van der Waals surface area contributed by atoms with Crippen LogP contribution in [0, 0.1) is 5.92 Å². The normalized spacial score (nSPS) is 23.5. The van der Waals surface area contributed by atoms with E-state index in [1.54, 1.807) is 25.4 Å². The first-order valence-electron chi connectivity index (χ1n) is 12.5. The first-order chi connectivity index (χ1) is 16.8. The van der Waals surface area contributed by atoms with Crippen molar-refractivity contribution in [3.63, 3.8) is 0 Å². The second-order valence-electron chi connectivity index (χ2n) is 9.93. The number of pyridine rings is 1. The number of fused-ring (bicyclic) bond motifs is 1. The van der Waals surface area contributed by atoms with E-state index < -0.39 is 16.1 Å². The van der Waals surface area contributed by atoms with Crippen LogP contribution in [0.25, 0.3) is 5.57 Å². The standard InChI is InChI=1S/C27H37N3O4S/c1-20-16-30(21(2)19-31)35(32,33)27-10-9-24(23-7-5-4-6-8-23)15-25(27)34-26(20)18-29(3)17-22-11-13-28-14-12-22/h7,9-15,20-21,26,31H,4-6,8,16-19H2,1-3H3/t20-,21-,26+/m1/s1. The molecule has 1 N–H and O–H groups in total. The van der Waals surface area contributed by atoms with Gasteiger partial charge in [-0.1, -0.05) is 19.1 Å². The summed E-state index contributed by atoms with van der Waals surface area (Å²) in [6, 6.07) is 8.95. The molecule has 1 aliphatic carbocycles. The van der Waals surface area contributed by atoms with E-state index in [0.29, 0.717) is 12.3 Å². The van der Waals surface area contributed by atoms with E-state index in [4.69, 9.17) is 4.74 Å². The average molecular weight is 500 g/mol. The van der Waals surface area contributed by atoms with Crippen molar-refractivity contribution in [1.29, 1.82) is 0 Å². The molecule has 1 aromatic heterocycles. The molecule has 0 bridgehead atoms. The van der Waals surface area contributed by atoms with E-state index in [-0.39, 0.29) is 30.1 Å². The van der Waals surface area contributed by atoms with Crippen molar-refractivity contribution in [1.82, 2.24) is 14.2 Å². The molecule has 2 heterocycles. The molecule has 1 aliphatic heterocycles. The molecule has 0 spiro atoms. The summed E-state index contributed by atoms with van der Waals surface area (Å²) in [5.41, 5.74) is 3.44. The zero-order valence-corrected chi connectivity index (χ0v) is 21.7. The highest BCUT2D eigenvalue weighted by Crippen LogP contribution is 2.37. The molecule has 190 valence electrons. The maximum Gasteiger partial charge on any atom is 0.247 e. The lowest BCUT2D eigenvalue weighted by Gasteiger charge is -2.37. The molecule has 8 heteroatoms. The van der Waals surface area contributed by atoms with Gasteiger partial charge in [0.2, 0.25) is 10.0 Å². The van der Waals surface area contributed by atoms with Crippen molar-refractivity contribution in [2.24, 2.45) is 5.92 Å². The third-order valence-electron chi connectivity index (χ3n) is 7.02. The molecule has 7 nitrogen and oxygen atoms in total. The van der Waals surface area contributed by atoms with Gasteiger partial charge in [0.25, 0.3) is 0 Å². The maximum atomic E-state index is 13.7. The van der Waals surface area contributed by atoms with Gasteiger partial charge < -0.3 is 9.84 Å². The van der Waals surface area contributed by atoms with Crippen molar-refractivity contribution in [2.75, 3.05) is 26.7 Å². The molecule has 1 aromatic carbocycles. The molecule has 35 heavy (non-hydrogen) atoms. The fourth-order valence-corrected chi connectivity index (χ4v) is 6.74. The van der Waals surface area contributed by atoms with Gasteiger partial charge in [-0.15, -0.1) is 0 Å². The van der Waals surface area contributed by atoms with Gasteiger partial charge in [-0.25, -0.2) is 8.42 Å². The zero-order chi connectivity index (χ0) is 25.0. The molecule has 2 aliphatic rings. The minimum atomic E-state index is -3.83. The molecule has 0 saturated heterocycles. The largest absolute Gasteiger partial charge is 0.487 e. The third kappa shape index (κ3) is 5.94. The summed E-state index contributed by atoms with van der Waals surface area (Å²) in [4.78, 5) is 6.46. The fraction of sp³-hybridized carbons (Fsp3) is 0.519. The molecule has 0 unspecified atom stereocenters. The van der Waals surface area contributed by atoms with E-state index in [1.807, 2.05) is 38.2 Å². The number of nitrogens with zero attached hydrogens (tertiary/aromatic N) is 3. The van der Waals surface area contributed by atoms with E-state index >= 15 is 0 Å². The Morgan fingerprint density at radius 1 is 1.23 bits per heavy atom. The summed E-state index contributed by atoms with van der Waals surface area (Å²) in [6.45, 7) is 5.19. The zero-order valence-electron chi connectivity index (χ0n) is 20.9. The highest BCUT2D eigenvalue weighted by atomic mass is 32.2. The van der Waals surface area contributed by atoms with E-state index in [0.717, 1.165) is 36.9 Å². The number of hydrogen-bond acceptors (Lipinski definition) is 6. The molecule has 0 amide bonds. The lowest BCUT2D eigenvalue weighted by Crippen LogP contribution is -2.49.